The van der Waals surface area contributed by atoms with Gasteiger partial charge < -0.3 is 9.64 Å². The molecule has 2 aliphatic rings. The van der Waals surface area contributed by atoms with Crippen LogP contribution in [0.25, 0.3) is 0 Å². The van der Waals surface area contributed by atoms with E-state index >= 15 is 0 Å². The molecule has 1 saturated heterocycles. The highest BCUT2D eigenvalue weighted by molar-refractivity contribution is 8.13. The van der Waals surface area contributed by atoms with Gasteiger partial charge >= 0.3 is 12.3 Å². The number of carbonyl (C=O) groups is 3. The zero-order valence-corrected chi connectivity index (χ0v) is 22.0. The van der Waals surface area contributed by atoms with Crippen LogP contribution in [0.1, 0.15) is 42.4 Å². The van der Waals surface area contributed by atoms with Gasteiger partial charge in [-0.05, 0) is 54.5 Å². The highest BCUT2D eigenvalue weighted by atomic mass is 32.2. The number of hydrogen-bond acceptors (Lipinski definition) is 7. The number of amidine groups is 1. The van der Waals surface area contributed by atoms with Crippen LogP contribution in [0, 0.1) is 17.3 Å². The Hall–Kier alpha value is -4.12. The van der Waals surface area contributed by atoms with Crippen LogP contribution in [0.3, 0.4) is 0 Å². The van der Waals surface area contributed by atoms with Gasteiger partial charge in [0.1, 0.15) is 11.9 Å². The molecule has 210 valence electrons. The van der Waals surface area contributed by atoms with Gasteiger partial charge in [0, 0.05) is 24.9 Å². The topological polar surface area (TPSA) is 124 Å². The molecule has 3 amide bonds. The number of fused-ring (bicyclic) bond motifs is 2. The Bertz CT molecular complexity index is 1410. The van der Waals surface area contributed by atoms with E-state index in [1.165, 1.54) is 24.3 Å². The largest absolute Gasteiger partial charge is 0.427 e. The molecule has 1 fully saturated rings. The average molecular weight is 578 g/mol. The third-order valence-corrected chi connectivity index (χ3v) is 7.41. The number of aliphatic imine (C=N–C) groups is 1. The zero-order valence-electron chi connectivity index (χ0n) is 21.2. The van der Waals surface area contributed by atoms with Crippen LogP contribution in [-0.2, 0) is 26.5 Å². The normalized spacial score (nSPS) is 20.9. The van der Waals surface area contributed by atoms with Crippen molar-refractivity contribution in [1.82, 2.24) is 15.5 Å². The number of hydrogen-bond donors (Lipinski definition) is 2. The summed E-state index contributed by atoms with van der Waals surface area (Å²) in [6, 6.07) is 7.20. The summed E-state index contributed by atoms with van der Waals surface area (Å²) in [5.41, 5.74) is -0.412. The van der Waals surface area contributed by atoms with Crippen molar-refractivity contribution in [3.05, 3.63) is 65.0 Å². The van der Waals surface area contributed by atoms with E-state index in [0.717, 1.165) is 30.8 Å². The smallest absolute Gasteiger partial charge is 0.415 e. The first-order valence-electron chi connectivity index (χ1n) is 11.9. The fourth-order valence-electron chi connectivity index (χ4n) is 4.83. The first kappa shape index (κ1) is 28.9. The van der Waals surface area contributed by atoms with Crippen molar-refractivity contribution in [2.45, 2.75) is 50.0 Å². The Morgan fingerprint density at radius 3 is 2.58 bits per heavy atom. The van der Waals surface area contributed by atoms with Crippen molar-refractivity contribution in [2.75, 3.05) is 6.26 Å². The molecule has 3 atom stereocenters. The summed E-state index contributed by atoms with van der Waals surface area (Å²) in [7, 11) is 0. The first-order valence-corrected chi connectivity index (χ1v) is 13.2. The molecular formula is C26H23F4N5O4S. The fourth-order valence-corrected chi connectivity index (χ4v) is 5.18. The molecular weight excluding hydrogens is 554 g/mol. The molecule has 9 nitrogen and oxygen atoms in total. The molecule has 1 aliphatic heterocycles. The quantitative estimate of drug-likeness (QED) is 0.170. The number of nitrogens with zero attached hydrogens (tertiary/aromatic N) is 3. The molecule has 0 radical (unpaired) electrons. The number of amides is 3. The van der Waals surface area contributed by atoms with Crippen molar-refractivity contribution < 1.29 is 36.7 Å². The standard InChI is InChI=1S/C26H23F4N5O4S/c1-14(26(28,29)30)35(12-15-3-5-17(27)6-4-15)21(36)9-16-11-25(22(37)34-24(38)39-25)20-8-7-18(10-19(16)20)33-23(40-2)32-13-31/h3-8,10,14,16H,9,11-12H2,1-2H3,(H,32,33)(H,34,37,38)/t14-,16?,25+/m0/s1. The molecule has 2 aromatic rings. The van der Waals surface area contributed by atoms with E-state index in [1.54, 1.807) is 18.5 Å². The third kappa shape index (κ3) is 5.74. The molecule has 14 heteroatoms. The summed E-state index contributed by atoms with van der Waals surface area (Å²) >= 11 is 1.16. The number of ether oxygens (including phenoxy) is 1. The number of alkyl halides is 3. The maximum atomic E-state index is 13.8. The summed E-state index contributed by atoms with van der Waals surface area (Å²) < 4.78 is 60.1. The van der Waals surface area contributed by atoms with Crippen LogP contribution < -0.4 is 10.6 Å². The lowest BCUT2D eigenvalue weighted by molar-refractivity contribution is -0.187. The lowest BCUT2D eigenvalue weighted by Gasteiger charge is -2.32. The minimum Gasteiger partial charge on any atom is -0.427 e. The van der Waals surface area contributed by atoms with Gasteiger partial charge in [-0.25, -0.2) is 14.2 Å². The minimum absolute atomic E-state index is 0.171. The zero-order chi connectivity index (χ0) is 29.2. The number of carbonyl (C=O) groups excluding carboxylic acids is 3. The molecule has 4 rings (SSSR count). The maximum Gasteiger partial charge on any atom is 0.415 e. The Morgan fingerprint density at radius 1 is 1.30 bits per heavy atom. The molecule has 1 unspecified atom stereocenters. The predicted molar refractivity (Wildman–Crippen MR) is 137 cm³/mol. The third-order valence-electron chi connectivity index (χ3n) is 6.83. The Kier molecular flexibility index (Phi) is 8.06. The Labute approximate surface area is 230 Å². The molecule has 0 bridgehead atoms. The second-order valence-corrected chi connectivity index (χ2v) is 10.1. The number of thioether (sulfide) groups is 1. The first-order chi connectivity index (χ1) is 18.9. The number of rotatable bonds is 6. The van der Waals surface area contributed by atoms with E-state index in [9.17, 15) is 31.9 Å². The van der Waals surface area contributed by atoms with Gasteiger partial charge in [-0.2, -0.15) is 18.4 Å². The van der Waals surface area contributed by atoms with Gasteiger partial charge in [0.25, 0.3) is 5.91 Å². The van der Waals surface area contributed by atoms with Gasteiger partial charge in [0.05, 0.1) is 5.69 Å². The number of nitriles is 1. The summed E-state index contributed by atoms with van der Waals surface area (Å²) in [5, 5.41) is 13.7. The van der Waals surface area contributed by atoms with Gasteiger partial charge in [-0.3, -0.25) is 20.2 Å². The maximum absolute atomic E-state index is 13.8. The van der Waals surface area contributed by atoms with Crippen molar-refractivity contribution in [2.24, 2.45) is 4.99 Å². The van der Waals surface area contributed by atoms with Crippen LogP contribution in [0.2, 0.25) is 0 Å². The fraction of sp³-hybridized carbons (Fsp3) is 0.346. The van der Waals surface area contributed by atoms with E-state index in [4.69, 9.17) is 10.00 Å². The Morgan fingerprint density at radius 2 is 2.00 bits per heavy atom. The minimum atomic E-state index is -4.74. The number of alkyl carbamates (subject to hydrolysis) is 1. The van der Waals surface area contributed by atoms with E-state index in [0.29, 0.717) is 27.3 Å². The van der Waals surface area contributed by atoms with E-state index < -0.39 is 60.4 Å². The summed E-state index contributed by atoms with van der Waals surface area (Å²) in [6.45, 7) is 0.428. The van der Waals surface area contributed by atoms with Crippen molar-refractivity contribution in [3.8, 4) is 6.19 Å². The number of benzene rings is 2. The van der Waals surface area contributed by atoms with Gasteiger partial charge in [0.2, 0.25) is 11.5 Å². The highest BCUT2D eigenvalue weighted by Gasteiger charge is 2.57. The number of halogens is 4. The SMILES string of the molecule is CSC(=Nc1ccc2c(c1)C(CC(=O)N(Cc1ccc(F)cc1)[C@@H](C)C(F)(F)F)C[C@@]21OC(=O)NC1=O)NC#N. The van der Waals surface area contributed by atoms with E-state index in [2.05, 4.69) is 15.6 Å². The van der Waals surface area contributed by atoms with Crippen LogP contribution in [0.4, 0.5) is 28.0 Å². The summed E-state index contributed by atoms with van der Waals surface area (Å²) in [4.78, 5) is 43.3. The molecule has 1 spiro atoms. The monoisotopic (exact) mass is 577 g/mol. The molecule has 2 aromatic carbocycles. The average Bonchev–Trinajstić information content (AvgIpc) is 3.36. The van der Waals surface area contributed by atoms with Crippen molar-refractivity contribution in [3.63, 3.8) is 0 Å². The van der Waals surface area contributed by atoms with Gasteiger partial charge in [-0.1, -0.05) is 30.0 Å². The van der Waals surface area contributed by atoms with Crippen molar-refractivity contribution in [1.29, 1.82) is 5.26 Å². The van der Waals surface area contributed by atoms with Gasteiger partial charge in [-0.15, -0.1) is 0 Å². The summed E-state index contributed by atoms with van der Waals surface area (Å²) in [5.74, 6) is -2.99. The van der Waals surface area contributed by atoms with Gasteiger partial charge in [0.15, 0.2) is 11.4 Å². The molecule has 2 N–H and O–H groups in total. The molecule has 1 aliphatic carbocycles. The molecule has 0 saturated carbocycles. The molecule has 40 heavy (non-hydrogen) atoms. The van der Waals surface area contributed by atoms with E-state index in [-0.39, 0.29) is 11.6 Å². The predicted octanol–water partition coefficient (Wildman–Crippen LogP) is 4.57. The molecule has 0 aromatic heterocycles. The number of nitrogens with one attached hydrogen (secondary N) is 2. The van der Waals surface area contributed by atoms with Crippen molar-refractivity contribution >= 4 is 40.5 Å². The number of imide groups is 1. The Balaban J connectivity index is 1.71. The lowest BCUT2D eigenvalue weighted by Crippen LogP contribution is -2.46. The second kappa shape index (κ2) is 11.2. The van der Waals surface area contributed by atoms with Crippen LogP contribution in [0.5, 0.6) is 0 Å². The van der Waals surface area contributed by atoms with Crippen LogP contribution >= 0.6 is 11.8 Å². The van der Waals surface area contributed by atoms with E-state index in [1.807, 2.05) is 0 Å². The highest BCUT2D eigenvalue weighted by Crippen LogP contribution is 2.51. The van der Waals surface area contributed by atoms with Crippen LogP contribution in [-0.4, -0.2) is 46.4 Å². The second-order valence-electron chi connectivity index (χ2n) is 9.27. The van der Waals surface area contributed by atoms with Crippen LogP contribution in [0.15, 0.2) is 47.5 Å². The lowest BCUT2D eigenvalue weighted by atomic mass is 9.94. The summed E-state index contributed by atoms with van der Waals surface area (Å²) in [6.07, 6.45) is -2.88. The molecule has 1 heterocycles.